The fourth-order valence-corrected chi connectivity index (χ4v) is 0.875. The largest absolute Gasteiger partial charge is 0.631 e. The highest BCUT2D eigenvalue weighted by Gasteiger charge is 2.08. The number of nitrogens with zero attached hydrogens (tertiary/aromatic N) is 1. The van der Waals surface area contributed by atoms with Gasteiger partial charge in [-0.15, -0.1) is 0 Å². The zero-order chi connectivity index (χ0) is 11.2. The van der Waals surface area contributed by atoms with Crippen molar-refractivity contribution in [3.8, 4) is 0 Å². The molecule has 5 heteroatoms. The van der Waals surface area contributed by atoms with Crippen LogP contribution in [0.4, 0.5) is 5.69 Å². The Labute approximate surface area is 84.8 Å². The average molecular weight is 198 g/mol. The molecule has 0 aromatic heterocycles. The van der Waals surface area contributed by atoms with Crippen molar-refractivity contribution in [2.45, 2.75) is 0 Å². The van der Waals surface area contributed by atoms with Gasteiger partial charge in [0.25, 0.3) is 0 Å². The van der Waals surface area contributed by atoms with Crippen LogP contribution in [0.3, 0.4) is 0 Å². The van der Waals surface area contributed by atoms with Crippen LogP contribution in [-0.4, -0.2) is 43.5 Å². The summed E-state index contributed by atoms with van der Waals surface area (Å²) in [6.45, 7) is 0. The second kappa shape index (κ2) is 5.77. The Kier molecular flexibility index (Phi) is 5.41. The molecule has 0 saturated carbocycles. The summed E-state index contributed by atoms with van der Waals surface area (Å²) in [5, 5.41) is 21.5. The molecule has 1 rings (SSSR count). The third-order valence-electron chi connectivity index (χ3n) is 1.53. The van der Waals surface area contributed by atoms with Crippen LogP contribution in [0, 0.1) is 0 Å². The molecule has 14 heavy (non-hydrogen) atoms. The van der Waals surface area contributed by atoms with Crippen LogP contribution in [-0.2, 0) is 0 Å². The minimum atomic E-state index is -2.17. The molecule has 3 N–H and O–H groups in total. The van der Waals surface area contributed by atoms with Gasteiger partial charge < -0.3 is 15.1 Å². The van der Waals surface area contributed by atoms with E-state index in [0.717, 1.165) is 4.48 Å². The molecule has 0 saturated heterocycles. The lowest BCUT2D eigenvalue weighted by Crippen LogP contribution is -2.34. The first-order valence-electron chi connectivity index (χ1n) is 4.25. The molecule has 0 fully saturated rings. The summed E-state index contributed by atoms with van der Waals surface area (Å²) in [5.74, 6) is 0. The molecule has 0 bridgehead atoms. The molecule has 0 aliphatic rings. The summed E-state index contributed by atoms with van der Waals surface area (Å²) in [6.07, 6.45) is 0. The molecular weight excluding hydrogens is 181 g/mol. The van der Waals surface area contributed by atoms with Crippen molar-refractivity contribution in [1.82, 2.24) is 4.48 Å². The Balaban J connectivity index is 0.000000364. The highest BCUT2D eigenvalue weighted by molar-refractivity contribution is 6.30. The number of hydrogen-bond acceptors (Lipinski definition) is 3. The minimum absolute atomic E-state index is 0.890. The van der Waals surface area contributed by atoms with Crippen LogP contribution in [0.5, 0.6) is 0 Å². The van der Waals surface area contributed by atoms with Gasteiger partial charge >= 0.3 is 7.32 Å². The van der Waals surface area contributed by atoms with Crippen molar-refractivity contribution in [2.24, 2.45) is 0 Å². The van der Waals surface area contributed by atoms with Gasteiger partial charge in [0.1, 0.15) is 5.69 Å². The van der Waals surface area contributed by atoms with Gasteiger partial charge in [-0.2, -0.15) is 0 Å². The molecule has 0 unspecified atom stereocenters. The number of rotatable bonds is 1. The lowest BCUT2D eigenvalue weighted by molar-refractivity contribution is 0.278. The lowest BCUT2D eigenvalue weighted by atomic mass is 10.3. The van der Waals surface area contributed by atoms with Crippen molar-refractivity contribution in [3.05, 3.63) is 30.3 Å². The second-order valence-corrected chi connectivity index (χ2v) is 3.69. The van der Waals surface area contributed by atoms with E-state index >= 15 is 0 Å². The maximum absolute atomic E-state index is 7.17. The third-order valence-corrected chi connectivity index (χ3v) is 1.53. The molecule has 0 atom stereocenters. The summed E-state index contributed by atoms with van der Waals surface area (Å²) in [4.78, 5) is 0. The van der Waals surface area contributed by atoms with E-state index < -0.39 is 7.32 Å². The summed E-state index contributed by atoms with van der Waals surface area (Å²) < 4.78 is 0.890. The van der Waals surface area contributed by atoms with Crippen LogP contribution >= 0.6 is 0 Å². The predicted octanol–water partition coefficient (Wildman–Crippen LogP) is -0.169. The summed E-state index contributed by atoms with van der Waals surface area (Å²) in [5.41, 5.74) is 1.34. The number of benzene rings is 1. The SMILES string of the molecule is C[N+](C)(C)c1ccccc1.OB(O)O. The topological polar surface area (TPSA) is 60.7 Å². The van der Waals surface area contributed by atoms with Crippen LogP contribution in [0.2, 0.25) is 0 Å². The van der Waals surface area contributed by atoms with Gasteiger partial charge in [0.05, 0.1) is 21.1 Å². The molecule has 1 aromatic carbocycles. The fourth-order valence-electron chi connectivity index (χ4n) is 0.875. The molecule has 0 aliphatic carbocycles. The maximum Gasteiger partial charge on any atom is 0.631 e. The van der Waals surface area contributed by atoms with Crippen molar-refractivity contribution >= 4 is 13.0 Å². The van der Waals surface area contributed by atoms with Gasteiger partial charge in [0.2, 0.25) is 0 Å². The van der Waals surface area contributed by atoms with Crippen LogP contribution in [0.25, 0.3) is 0 Å². The van der Waals surface area contributed by atoms with Gasteiger partial charge in [-0.1, -0.05) is 18.2 Å². The molecule has 4 nitrogen and oxygen atoms in total. The van der Waals surface area contributed by atoms with E-state index in [2.05, 4.69) is 45.4 Å². The van der Waals surface area contributed by atoms with Crippen molar-refractivity contribution in [1.29, 1.82) is 0 Å². The molecule has 0 amide bonds. The Bertz CT molecular complexity index is 243. The molecule has 1 aromatic rings. The molecule has 0 heterocycles. The highest BCUT2D eigenvalue weighted by atomic mass is 16.5. The standard InChI is InChI=1S/C9H14N.BH3O3/c1-10(2,3)9-7-5-4-6-8-9;2-1(3)4/h4-8H,1-3H3;2-4H/q+1;. The Morgan fingerprint density at radius 1 is 0.929 bits per heavy atom. The maximum atomic E-state index is 7.17. The average Bonchev–Trinajstić information content (AvgIpc) is 2.03. The third kappa shape index (κ3) is 6.62. The van der Waals surface area contributed by atoms with Crippen LogP contribution in [0.15, 0.2) is 30.3 Å². The summed E-state index contributed by atoms with van der Waals surface area (Å²) in [7, 11) is 4.32. The first-order chi connectivity index (χ1) is 6.34. The van der Waals surface area contributed by atoms with E-state index in [1.807, 2.05) is 6.07 Å². The fraction of sp³-hybridized carbons (Fsp3) is 0.333. The first kappa shape index (κ1) is 13.1. The molecule has 0 aliphatic heterocycles. The van der Waals surface area contributed by atoms with Crippen LogP contribution < -0.4 is 4.48 Å². The molecular formula is C9H17BNO3+. The van der Waals surface area contributed by atoms with Crippen molar-refractivity contribution in [2.75, 3.05) is 21.1 Å². The molecule has 78 valence electrons. The van der Waals surface area contributed by atoms with E-state index in [1.165, 1.54) is 5.69 Å². The monoisotopic (exact) mass is 198 g/mol. The van der Waals surface area contributed by atoms with Crippen LogP contribution in [0.1, 0.15) is 0 Å². The van der Waals surface area contributed by atoms with Gasteiger partial charge in [-0.3, -0.25) is 4.48 Å². The van der Waals surface area contributed by atoms with Gasteiger partial charge in [0.15, 0.2) is 0 Å². The first-order valence-corrected chi connectivity index (χ1v) is 4.25. The van der Waals surface area contributed by atoms with Gasteiger partial charge in [-0.05, 0) is 12.1 Å². The summed E-state index contributed by atoms with van der Waals surface area (Å²) >= 11 is 0. The quantitative estimate of drug-likeness (QED) is 0.433. The normalized spacial score (nSPS) is 10.1. The summed E-state index contributed by atoms with van der Waals surface area (Å²) in [6, 6.07) is 10.5. The van der Waals surface area contributed by atoms with E-state index in [1.54, 1.807) is 0 Å². The second-order valence-electron chi connectivity index (χ2n) is 3.69. The lowest BCUT2D eigenvalue weighted by Gasteiger charge is -2.22. The van der Waals surface area contributed by atoms with E-state index in [-0.39, 0.29) is 0 Å². The highest BCUT2D eigenvalue weighted by Crippen LogP contribution is 2.14. The Morgan fingerprint density at radius 2 is 1.29 bits per heavy atom. The molecule has 0 spiro atoms. The van der Waals surface area contributed by atoms with Crippen molar-refractivity contribution < 1.29 is 15.1 Å². The van der Waals surface area contributed by atoms with E-state index in [9.17, 15) is 0 Å². The van der Waals surface area contributed by atoms with E-state index in [0.29, 0.717) is 0 Å². The predicted molar refractivity (Wildman–Crippen MR) is 58.4 cm³/mol. The minimum Gasteiger partial charge on any atom is -0.402 e. The number of hydrogen-bond donors (Lipinski definition) is 3. The Hall–Kier alpha value is -0.875. The van der Waals surface area contributed by atoms with Crippen molar-refractivity contribution in [3.63, 3.8) is 0 Å². The number of para-hydroxylation sites is 1. The number of quaternary nitrogens is 1. The zero-order valence-electron chi connectivity index (χ0n) is 8.75. The van der Waals surface area contributed by atoms with Gasteiger partial charge in [-0.25, -0.2) is 0 Å². The van der Waals surface area contributed by atoms with Gasteiger partial charge in [0, 0.05) is 0 Å². The molecule has 0 radical (unpaired) electrons. The smallest absolute Gasteiger partial charge is 0.402 e. The zero-order valence-corrected chi connectivity index (χ0v) is 8.75. The van der Waals surface area contributed by atoms with E-state index in [4.69, 9.17) is 15.1 Å². The Morgan fingerprint density at radius 3 is 1.50 bits per heavy atom.